The van der Waals surface area contributed by atoms with Gasteiger partial charge in [-0.05, 0) is 18.9 Å². The predicted octanol–water partition coefficient (Wildman–Crippen LogP) is 1.93. The lowest BCUT2D eigenvalue weighted by molar-refractivity contribution is -0.120. The van der Waals surface area contributed by atoms with Crippen LogP contribution in [-0.2, 0) is 4.79 Å². The van der Waals surface area contributed by atoms with Crippen molar-refractivity contribution in [3.8, 4) is 0 Å². The van der Waals surface area contributed by atoms with E-state index in [2.05, 4.69) is 31.4 Å². The lowest BCUT2D eigenvalue weighted by Gasteiger charge is -2.24. The summed E-state index contributed by atoms with van der Waals surface area (Å²) < 4.78 is 0. The highest BCUT2D eigenvalue weighted by Crippen LogP contribution is 2.22. The fourth-order valence-electron chi connectivity index (χ4n) is 1.50. The lowest BCUT2D eigenvalue weighted by atomic mass is 9.87. The molecule has 0 saturated carbocycles. The van der Waals surface area contributed by atoms with Crippen LogP contribution in [0.3, 0.4) is 0 Å². The molecular formula is C12H26N2O. The summed E-state index contributed by atoms with van der Waals surface area (Å²) in [6.07, 6.45) is 4.97. The summed E-state index contributed by atoms with van der Waals surface area (Å²) in [7, 11) is 1.78. The van der Waals surface area contributed by atoms with Gasteiger partial charge in [-0.2, -0.15) is 0 Å². The average molecular weight is 214 g/mol. The molecule has 0 radical (unpaired) electrons. The van der Waals surface area contributed by atoms with Crippen molar-refractivity contribution >= 4 is 5.91 Å². The molecule has 0 aromatic heterocycles. The average Bonchev–Trinajstić information content (AvgIpc) is 2.16. The van der Waals surface area contributed by atoms with Crippen molar-refractivity contribution < 1.29 is 4.79 Å². The third kappa shape index (κ3) is 8.43. The number of amides is 1. The second-order valence-electron chi connectivity index (χ2n) is 4.93. The predicted molar refractivity (Wildman–Crippen MR) is 64.9 cm³/mol. The number of carbonyl (C=O) groups is 1. The smallest absolute Gasteiger partial charge is 0.233 e. The SMILES string of the molecule is CCCCCC(C)(C)CNC(=O)CNC. The number of hydrogen-bond donors (Lipinski definition) is 2. The van der Waals surface area contributed by atoms with Crippen LogP contribution in [0.1, 0.15) is 46.5 Å². The molecule has 90 valence electrons. The summed E-state index contributed by atoms with van der Waals surface area (Å²) in [6.45, 7) is 7.81. The van der Waals surface area contributed by atoms with Crippen molar-refractivity contribution in [3.63, 3.8) is 0 Å². The van der Waals surface area contributed by atoms with E-state index in [4.69, 9.17) is 0 Å². The zero-order chi connectivity index (χ0) is 11.7. The van der Waals surface area contributed by atoms with Crippen LogP contribution >= 0.6 is 0 Å². The minimum Gasteiger partial charge on any atom is -0.354 e. The number of rotatable bonds is 8. The third-order valence-electron chi connectivity index (χ3n) is 2.56. The highest BCUT2D eigenvalue weighted by Gasteiger charge is 2.17. The molecule has 0 aliphatic rings. The molecule has 1 amide bonds. The van der Waals surface area contributed by atoms with Crippen LogP contribution in [0.5, 0.6) is 0 Å². The van der Waals surface area contributed by atoms with E-state index in [-0.39, 0.29) is 11.3 Å². The van der Waals surface area contributed by atoms with Crippen LogP contribution in [0.15, 0.2) is 0 Å². The van der Waals surface area contributed by atoms with Gasteiger partial charge in [0.1, 0.15) is 0 Å². The van der Waals surface area contributed by atoms with Gasteiger partial charge < -0.3 is 10.6 Å². The number of nitrogens with one attached hydrogen (secondary N) is 2. The van der Waals surface area contributed by atoms with E-state index < -0.39 is 0 Å². The van der Waals surface area contributed by atoms with Crippen LogP contribution in [0.2, 0.25) is 0 Å². The van der Waals surface area contributed by atoms with Gasteiger partial charge in [0.05, 0.1) is 6.54 Å². The van der Waals surface area contributed by atoms with Crippen LogP contribution in [0, 0.1) is 5.41 Å². The van der Waals surface area contributed by atoms with Gasteiger partial charge in [-0.25, -0.2) is 0 Å². The Balaban J connectivity index is 3.67. The molecular weight excluding hydrogens is 188 g/mol. The van der Waals surface area contributed by atoms with E-state index in [1.807, 2.05) is 0 Å². The van der Waals surface area contributed by atoms with E-state index in [1.54, 1.807) is 7.05 Å². The number of hydrogen-bond acceptors (Lipinski definition) is 2. The maximum Gasteiger partial charge on any atom is 0.233 e. The molecule has 0 aromatic carbocycles. The summed E-state index contributed by atoms with van der Waals surface area (Å²) in [6, 6.07) is 0. The fraction of sp³-hybridized carbons (Fsp3) is 0.917. The van der Waals surface area contributed by atoms with Crippen molar-refractivity contribution in [3.05, 3.63) is 0 Å². The normalized spacial score (nSPS) is 11.5. The first-order chi connectivity index (χ1) is 7.02. The van der Waals surface area contributed by atoms with E-state index in [0.29, 0.717) is 6.54 Å². The first-order valence-corrected chi connectivity index (χ1v) is 5.93. The Kier molecular flexibility index (Phi) is 7.39. The van der Waals surface area contributed by atoms with Gasteiger partial charge in [0.25, 0.3) is 0 Å². The Morgan fingerprint density at radius 3 is 2.47 bits per heavy atom. The molecule has 0 aliphatic heterocycles. The Morgan fingerprint density at radius 1 is 1.27 bits per heavy atom. The first kappa shape index (κ1) is 14.4. The maximum absolute atomic E-state index is 11.2. The monoisotopic (exact) mass is 214 g/mol. The van der Waals surface area contributed by atoms with Crippen LogP contribution in [0.4, 0.5) is 0 Å². The topological polar surface area (TPSA) is 41.1 Å². The molecule has 0 fully saturated rings. The number of likely N-dealkylation sites (N-methyl/N-ethyl adjacent to an activating group) is 1. The minimum atomic E-state index is 0.0843. The zero-order valence-electron chi connectivity index (χ0n) is 10.7. The zero-order valence-corrected chi connectivity index (χ0v) is 10.7. The largest absolute Gasteiger partial charge is 0.354 e. The van der Waals surface area contributed by atoms with E-state index in [9.17, 15) is 4.79 Å². The number of carbonyl (C=O) groups excluding carboxylic acids is 1. The van der Waals surface area contributed by atoms with Crippen molar-refractivity contribution in [2.24, 2.45) is 5.41 Å². The standard InChI is InChI=1S/C12H26N2O/c1-5-6-7-8-12(2,3)10-14-11(15)9-13-4/h13H,5-10H2,1-4H3,(H,14,15). The molecule has 0 aromatic rings. The fourth-order valence-corrected chi connectivity index (χ4v) is 1.50. The number of unbranched alkanes of at least 4 members (excludes halogenated alkanes) is 2. The second kappa shape index (κ2) is 7.69. The molecule has 0 saturated heterocycles. The van der Waals surface area contributed by atoms with E-state index in [1.165, 1.54) is 25.7 Å². The molecule has 0 aliphatic carbocycles. The Bertz CT molecular complexity index is 178. The summed E-state index contributed by atoms with van der Waals surface area (Å²) in [5.41, 5.74) is 0.221. The molecule has 0 spiro atoms. The van der Waals surface area contributed by atoms with Gasteiger partial charge in [-0.3, -0.25) is 4.79 Å². The summed E-state index contributed by atoms with van der Waals surface area (Å²) in [4.78, 5) is 11.2. The summed E-state index contributed by atoms with van der Waals surface area (Å²) in [5, 5.41) is 5.79. The molecule has 0 bridgehead atoms. The molecule has 3 heteroatoms. The van der Waals surface area contributed by atoms with E-state index >= 15 is 0 Å². The van der Waals surface area contributed by atoms with Crippen molar-refractivity contribution in [1.82, 2.24) is 10.6 Å². The molecule has 0 unspecified atom stereocenters. The molecule has 2 N–H and O–H groups in total. The van der Waals surface area contributed by atoms with Gasteiger partial charge in [0.2, 0.25) is 5.91 Å². The third-order valence-corrected chi connectivity index (χ3v) is 2.56. The van der Waals surface area contributed by atoms with Gasteiger partial charge in [-0.15, -0.1) is 0 Å². The summed E-state index contributed by atoms with van der Waals surface area (Å²) in [5.74, 6) is 0.0843. The van der Waals surface area contributed by atoms with Gasteiger partial charge in [0, 0.05) is 6.54 Å². The van der Waals surface area contributed by atoms with E-state index in [0.717, 1.165) is 6.54 Å². The maximum atomic E-state index is 11.2. The van der Waals surface area contributed by atoms with Crippen molar-refractivity contribution in [1.29, 1.82) is 0 Å². The Labute approximate surface area is 94.0 Å². The van der Waals surface area contributed by atoms with Crippen LogP contribution in [0.25, 0.3) is 0 Å². The van der Waals surface area contributed by atoms with Gasteiger partial charge in [-0.1, -0.05) is 40.0 Å². The van der Waals surface area contributed by atoms with Crippen molar-refractivity contribution in [2.75, 3.05) is 20.1 Å². The Morgan fingerprint density at radius 2 is 1.93 bits per heavy atom. The molecule has 15 heavy (non-hydrogen) atoms. The van der Waals surface area contributed by atoms with Gasteiger partial charge in [0.15, 0.2) is 0 Å². The highest BCUT2D eigenvalue weighted by molar-refractivity contribution is 5.77. The second-order valence-corrected chi connectivity index (χ2v) is 4.93. The minimum absolute atomic E-state index is 0.0843. The highest BCUT2D eigenvalue weighted by atomic mass is 16.1. The lowest BCUT2D eigenvalue weighted by Crippen LogP contribution is -2.38. The molecule has 0 heterocycles. The quantitative estimate of drug-likeness (QED) is 0.606. The first-order valence-electron chi connectivity index (χ1n) is 5.93. The van der Waals surface area contributed by atoms with Crippen LogP contribution < -0.4 is 10.6 Å². The van der Waals surface area contributed by atoms with Gasteiger partial charge >= 0.3 is 0 Å². The van der Waals surface area contributed by atoms with Crippen LogP contribution in [-0.4, -0.2) is 26.0 Å². The molecule has 0 atom stereocenters. The molecule has 0 rings (SSSR count). The van der Waals surface area contributed by atoms with Crippen molar-refractivity contribution in [2.45, 2.75) is 46.5 Å². The molecule has 3 nitrogen and oxygen atoms in total. The summed E-state index contributed by atoms with van der Waals surface area (Å²) >= 11 is 0. The Hall–Kier alpha value is -0.570.